The average molecular weight is 308 g/mol. The van der Waals surface area contributed by atoms with Crippen LogP contribution in [0.4, 0.5) is 0 Å². The normalized spacial score (nSPS) is 13.3. The summed E-state index contributed by atoms with van der Waals surface area (Å²) in [6, 6.07) is 4.58. The van der Waals surface area contributed by atoms with Crippen LogP contribution in [0.2, 0.25) is 0 Å². The summed E-state index contributed by atoms with van der Waals surface area (Å²) >= 11 is 5.77. The number of ether oxygens (including phenoxy) is 2. The molecular weight excluding hydrogens is 290 g/mol. The summed E-state index contributed by atoms with van der Waals surface area (Å²) in [6.07, 6.45) is -0.194. The van der Waals surface area contributed by atoms with Crippen LogP contribution in [-0.2, 0) is 20.6 Å². The summed E-state index contributed by atoms with van der Waals surface area (Å²) in [5.74, 6) is 0.750. The average Bonchev–Trinajstić information content (AvgIpc) is 2.43. The molecule has 0 heterocycles. The smallest absolute Gasteiger partial charge is 0.240 e. The summed E-state index contributed by atoms with van der Waals surface area (Å²) in [6.45, 7) is 1.99. The molecule has 1 aromatic carbocycles. The van der Waals surface area contributed by atoms with Crippen LogP contribution in [0.15, 0.2) is 23.1 Å². The van der Waals surface area contributed by atoms with Crippen LogP contribution in [-0.4, -0.2) is 35.3 Å². The molecule has 0 spiro atoms. The molecule has 1 aromatic rings. The highest BCUT2D eigenvalue weighted by Crippen LogP contribution is 2.23. The number of sulfonamides is 1. The van der Waals surface area contributed by atoms with Crippen molar-refractivity contribution >= 4 is 21.6 Å². The van der Waals surface area contributed by atoms with Crippen molar-refractivity contribution in [3.8, 4) is 5.75 Å². The van der Waals surface area contributed by atoms with E-state index >= 15 is 0 Å². The second-order valence-electron chi connectivity index (χ2n) is 4.01. The number of alkyl halides is 1. The third-order valence-corrected chi connectivity index (χ3v) is 4.38. The third-order valence-electron chi connectivity index (χ3n) is 2.67. The number of hydrogen-bond donors (Lipinski definition) is 1. The van der Waals surface area contributed by atoms with Crippen LogP contribution in [0.25, 0.3) is 0 Å². The molecule has 0 aliphatic heterocycles. The highest BCUT2D eigenvalue weighted by Gasteiger charge is 2.17. The number of halogens is 1. The van der Waals surface area contributed by atoms with Crippen molar-refractivity contribution in [1.29, 1.82) is 0 Å². The Labute approximate surface area is 118 Å². The van der Waals surface area contributed by atoms with Crippen molar-refractivity contribution in [2.24, 2.45) is 0 Å². The van der Waals surface area contributed by atoms with Gasteiger partial charge in [-0.15, -0.1) is 11.6 Å². The van der Waals surface area contributed by atoms with Crippen LogP contribution in [0.3, 0.4) is 0 Å². The number of hydrogen-bond acceptors (Lipinski definition) is 4. The Morgan fingerprint density at radius 2 is 2.05 bits per heavy atom. The number of rotatable bonds is 7. The summed E-state index contributed by atoms with van der Waals surface area (Å²) in [5, 5.41) is 0. The van der Waals surface area contributed by atoms with E-state index in [1.54, 1.807) is 13.0 Å². The van der Waals surface area contributed by atoms with Crippen LogP contribution < -0.4 is 9.46 Å². The zero-order valence-corrected chi connectivity index (χ0v) is 12.7. The van der Waals surface area contributed by atoms with Crippen molar-refractivity contribution in [3.05, 3.63) is 23.8 Å². The Hall–Kier alpha value is -0.820. The molecule has 0 aliphatic carbocycles. The molecular formula is C12H18ClNO4S. The van der Waals surface area contributed by atoms with E-state index in [1.165, 1.54) is 26.4 Å². The van der Waals surface area contributed by atoms with E-state index < -0.39 is 10.0 Å². The summed E-state index contributed by atoms with van der Waals surface area (Å²) in [5.41, 5.74) is 0.631. The monoisotopic (exact) mass is 307 g/mol. The van der Waals surface area contributed by atoms with Gasteiger partial charge in [0.2, 0.25) is 10.0 Å². The molecule has 1 unspecified atom stereocenters. The first-order valence-electron chi connectivity index (χ1n) is 5.70. The molecule has 5 nitrogen and oxygen atoms in total. The van der Waals surface area contributed by atoms with Gasteiger partial charge in [0, 0.05) is 19.2 Å². The van der Waals surface area contributed by atoms with Gasteiger partial charge in [-0.3, -0.25) is 0 Å². The van der Waals surface area contributed by atoms with E-state index in [0.717, 1.165) is 0 Å². The Bertz CT molecular complexity index is 518. The first kappa shape index (κ1) is 16.2. The molecule has 0 aromatic heterocycles. The second kappa shape index (κ2) is 7.09. The molecule has 1 atom stereocenters. The van der Waals surface area contributed by atoms with Crippen molar-refractivity contribution in [1.82, 2.24) is 4.72 Å². The first-order valence-corrected chi connectivity index (χ1v) is 7.71. The standard InChI is InChI=1S/C12H18ClNO4S/c1-9(17-2)8-14-19(15,16)11-4-5-12(18-3)10(6-11)7-13/h4-6,9,14H,7-8H2,1-3H3. The molecule has 0 aliphatic rings. The predicted molar refractivity (Wildman–Crippen MR) is 74.2 cm³/mol. The molecule has 0 bridgehead atoms. The lowest BCUT2D eigenvalue weighted by atomic mass is 10.2. The zero-order valence-electron chi connectivity index (χ0n) is 11.1. The minimum atomic E-state index is -3.57. The second-order valence-corrected chi connectivity index (χ2v) is 6.04. The Balaban J connectivity index is 2.95. The number of benzene rings is 1. The lowest BCUT2D eigenvalue weighted by Crippen LogP contribution is -2.31. The van der Waals surface area contributed by atoms with Gasteiger partial charge in [-0.2, -0.15) is 0 Å². The lowest BCUT2D eigenvalue weighted by molar-refractivity contribution is 0.122. The molecule has 108 valence electrons. The van der Waals surface area contributed by atoms with Gasteiger partial charge >= 0.3 is 0 Å². The van der Waals surface area contributed by atoms with E-state index in [-0.39, 0.29) is 23.4 Å². The maximum Gasteiger partial charge on any atom is 0.240 e. The quantitative estimate of drug-likeness (QED) is 0.779. The fourth-order valence-corrected chi connectivity index (χ4v) is 2.79. The minimum absolute atomic E-state index is 0.159. The van der Waals surface area contributed by atoms with E-state index in [2.05, 4.69) is 4.72 Å². The summed E-state index contributed by atoms with van der Waals surface area (Å²) in [7, 11) is -0.529. The summed E-state index contributed by atoms with van der Waals surface area (Å²) in [4.78, 5) is 0.159. The molecule has 1 N–H and O–H groups in total. The van der Waals surface area contributed by atoms with Gasteiger partial charge in [0.25, 0.3) is 0 Å². The molecule has 0 fully saturated rings. The molecule has 19 heavy (non-hydrogen) atoms. The van der Waals surface area contributed by atoms with E-state index in [9.17, 15) is 8.42 Å². The van der Waals surface area contributed by atoms with Gasteiger partial charge in [0.05, 0.1) is 24.0 Å². The Morgan fingerprint density at radius 1 is 1.37 bits per heavy atom. The van der Waals surface area contributed by atoms with E-state index in [1.807, 2.05) is 0 Å². The topological polar surface area (TPSA) is 64.6 Å². The zero-order chi connectivity index (χ0) is 14.5. The molecule has 1 rings (SSSR count). The predicted octanol–water partition coefficient (Wildman–Crippen LogP) is 1.75. The van der Waals surface area contributed by atoms with Crippen LogP contribution in [0, 0.1) is 0 Å². The van der Waals surface area contributed by atoms with Crippen molar-refractivity contribution in [3.63, 3.8) is 0 Å². The number of nitrogens with one attached hydrogen (secondary N) is 1. The highest BCUT2D eigenvalue weighted by atomic mass is 35.5. The van der Waals surface area contributed by atoms with Crippen molar-refractivity contribution in [2.45, 2.75) is 23.8 Å². The van der Waals surface area contributed by atoms with E-state index in [4.69, 9.17) is 21.1 Å². The maximum atomic E-state index is 12.1. The van der Waals surface area contributed by atoms with Gasteiger partial charge in [-0.25, -0.2) is 13.1 Å². The third kappa shape index (κ3) is 4.35. The Morgan fingerprint density at radius 3 is 2.58 bits per heavy atom. The SMILES string of the molecule is COc1ccc(S(=O)(=O)NCC(C)OC)cc1CCl. The fraction of sp³-hybridized carbons (Fsp3) is 0.500. The van der Waals surface area contributed by atoms with E-state index in [0.29, 0.717) is 11.3 Å². The lowest BCUT2D eigenvalue weighted by Gasteiger charge is -2.13. The summed E-state index contributed by atoms with van der Waals surface area (Å²) < 4.78 is 36.7. The molecule has 0 saturated heterocycles. The molecule has 0 saturated carbocycles. The van der Waals surface area contributed by atoms with Crippen LogP contribution in [0.5, 0.6) is 5.75 Å². The maximum absolute atomic E-state index is 12.1. The molecule has 7 heteroatoms. The van der Waals surface area contributed by atoms with Gasteiger partial charge in [0.15, 0.2) is 0 Å². The van der Waals surface area contributed by atoms with Gasteiger partial charge in [-0.1, -0.05) is 0 Å². The largest absolute Gasteiger partial charge is 0.496 e. The van der Waals surface area contributed by atoms with Crippen molar-refractivity contribution < 1.29 is 17.9 Å². The van der Waals surface area contributed by atoms with Crippen LogP contribution >= 0.6 is 11.6 Å². The first-order chi connectivity index (χ1) is 8.94. The van der Waals surface area contributed by atoms with Crippen molar-refractivity contribution in [2.75, 3.05) is 20.8 Å². The fourth-order valence-electron chi connectivity index (χ4n) is 1.42. The Kier molecular flexibility index (Phi) is 6.06. The van der Waals surface area contributed by atoms with Crippen LogP contribution in [0.1, 0.15) is 12.5 Å². The number of methoxy groups -OCH3 is 2. The molecule has 0 radical (unpaired) electrons. The van der Waals surface area contributed by atoms with Gasteiger partial charge in [0.1, 0.15) is 5.75 Å². The van der Waals surface area contributed by atoms with Gasteiger partial charge < -0.3 is 9.47 Å². The van der Waals surface area contributed by atoms with Gasteiger partial charge in [-0.05, 0) is 25.1 Å². The minimum Gasteiger partial charge on any atom is -0.496 e. The highest BCUT2D eigenvalue weighted by molar-refractivity contribution is 7.89. The molecule has 0 amide bonds.